The van der Waals surface area contributed by atoms with Crippen molar-refractivity contribution in [1.82, 2.24) is 20.4 Å². The molecule has 5 unspecified atom stereocenters. The molecule has 3 aliphatic heterocycles. The lowest BCUT2D eigenvalue weighted by Crippen LogP contribution is -2.85. The Bertz CT molecular complexity index is 768. The van der Waals surface area contributed by atoms with Crippen molar-refractivity contribution >= 4 is 29.8 Å². The number of nitrogens with one attached hydrogen (secondary N) is 2. The first-order valence-corrected chi connectivity index (χ1v) is 8.45. The summed E-state index contributed by atoms with van der Waals surface area (Å²) < 4.78 is 4.82. The van der Waals surface area contributed by atoms with Crippen LogP contribution in [-0.2, 0) is 19.1 Å². The van der Waals surface area contributed by atoms with Crippen LogP contribution in [0.1, 0.15) is 20.3 Å². The zero-order valence-corrected chi connectivity index (χ0v) is 14.7. The van der Waals surface area contributed by atoms with Gasteiger partial charge in [-0.1, -0.05) is 6.92 Å². The molecule has 3 saturated heterocycles. The third-order valence-corrected chi connectivity index (χ3v) is 6.76. The zero-order chi connectivity index (χ0) is 19.0. The van der Waals surface area contributed by atoms with E-state index in [0.717, 1.165) is 0 Å². The van der Waals surface area contributed by atoms with Gasteiger partial charge in [-0.3, -0.25) is 25.0 Å². The van der Waals surface area contributed by atoms with E-state index in [4.69, 9.17) is 4.74 Å². The van der Waals surface area contributed by atoms with Crippen LogP contribution in [0.25, 0.3) is 0 Å². The van der Waals surface area contributed by atoms with Gasteiger partial charge in [-0.05, 0) is 6.92 Å². The number of urea groups is 2. The third kappa shape index (κ3) is 1.74. The predicted octanol–water partition coefficient (Wildman–Crippen LogP) is -0.954. The van der Waals surface area contributed by atoms with Crippen LogP contribution < -0.4 is 10.6 Å². The Morgan fingerprint density at radius 1 is 1.04 bits per heavy atom. The van der Waals surface area contributed by atoms with Gasteiger partial charge in [-0.2, -0.15) is 0 Å². The van der Waals surface area contributed by atoms with Crippen LogP contribution in [0, 0.1) is 16.7 Å². The molecule has 1 aliphatic carbocycles. The van der Waals surface area contributed by atoms with Gasteiger partial charge in [0.05, 0.1) is 30.5 Å². The molecule has 26 heavy (non-hydrogen) atoms. The standard InChI is InChI=1S/C16H20N4O6/c1-15-4-8(21)17-13(24)19-5-7(11(22)26-3)6-20-10(9(15)19)16(15,2)12(23)18-14(20)25/h7,9-10H,4-6H2,1-3H3,(H,17,21,24)(H,18,23,25). The maximum Gasteiger partial charge on any atom is 0.324 e. The Hall–Kier alpha value is -2.65. The van der Waals surface area contributed by atoms with Crippen molar-refractivity contribution in [3.8, 4) is 0 Å². The Morgan fingerprint density at radius 2 is 1.62 bits per heavy atom. The number of methoxy groups -OCH3 is 1. The summed E-state index contributed by atoms with van der Waals surface area (Å²) in [5.74, 6) is -2.25. The Labute approximate surface area is 149 Å². The van der Waals surface area contributed by atoms with Gasteiger partial charge in [0.2, 0.25) is 11.8 Å². The second-order valence-electron chi connectivity index (χ2n) is 7.82. The molecule has 6 amide bonds. The van der Waals surface area contributed by atoms with Crippen LogP contribution in [-0.4, -0.2) is 71.9 Å². The number of rotatable bonds is 1. The van der Waals surface area contributed by atoms with E-state index in [1.54, 1.807) is 13.8 Å². The zero-order valence-electron chi connectivity index (χ0n) is 14.7. The lowest BCUT2D eigenvalue weighted by molar-refractivity contribution is -0.200. The van der Waals surface area contributed by atoms with Gasteiger partial charge in [-0.25, -0.2) is 9.59 Å². The van der Waals surface area contributed by atoms with Crippen LogP contribution >= 0.6 is 0 Å². The van der Waals surface area contributed by atoms with E-state index >= 15 is 0 Å². The fraction of sp³-hybridized carbons (Fsp3) is 0.688. The second-order valence-corrected chi connectivity index (χ2v) is 7.82. The first kappa shape index (κ1) is 16.8. The largest absolute Gasteiger partial charge is 0.469 e. The highest BCUT2D eigenvalue weighted by atomic mass is 16.5. The van der Waals surface area contributed by atoms with E-state index in [1.165, 1.54) is 16.9 Å². The molecule has 0 spiro atoms. The van der Waals surface area contributed by atoms with Crippen LogP contribution in [0.5, 0.6) is 0 Å². The van der Waals surface area contributed by atoms with Gasteiger partial charge in [0.15, 0.2) is 0 Å². The highest BCUT2D eigenvalue weighted by molar-refractivity contribution is 6.05. The van der Waals surface area contributed by atoms with Crippen molar-refractivity contribution in [3.63, 3.8) is 0 Å². The summed E-state index contributed by atoms with van der Waals surface area (Å²) >= 11 is 0. The number of hydrogen-bond donors (Lipinski definition) is 2. The number of hydrogen-bond acceptors (Lipinski definition) is 6. The molecule has 4 aliphatic rings. The van der Waals surface area contributed by atoms with Gasteiger partial charge in [0, 0.05) is 24.9 Å². The van der Waals surface area contributed by atoms with Crippen LogP contribution in [0.2, 0.25) is 0 Å². The fourth-order valence-electron chi connectivity index (χ4n) is 5.25. The molecule has 0 radical (unpaired) electrons. The summed E-state index contributed by atoms with van der Waals surface area (Å²) in [5.41, 5.74) is -1.90. The van der Waals surface area contributed by atoms with Crippen LogP contribution in [0.4, 0.5) is 9.59 Å². The first-order chi connectivity index (χ1) is 12.1. The molecular weight excluding hydrogens is 344 g/mol. The molecule has 4 fully saturated rings. The number of carbonyl (C=O) groups is 5. The molecule has 0 bridgehead atoms. The van der Waals surface area contributed by atoms with E-state index in [9.17, 15) is 24.0 Å². The van der Waals surface area contributed by atoms with Crippen molar-refractivity contribution in [2.24, 2.45) is 16.7 Å². The van der Waals surface area contributed by atoms with E-state index < -0.39 is 58.7 Å². The minimum absolute atomic E-state index is 0.0105. The summed E-state index contributed by atoms with van der Waals surface area (Å²) in [6.45, 7) is 3.54. The van der Waals surface area contributed by atoms with Gasteiger partial charge >= 0.3 is 18.0 Å². The molecule has 0 aromatic rings. The van der Waals surface area contributed by atoms with E-state index in [2.05, 4.69) is 10.6 Å². The molecule has 3 heterocycles. The van der Waals surface area contributed by atoms with Gasteiger partial charge in [0.25, 0.3) is 0 Å². The van der Waals surface area contributed by atoms with Gasteiger partial charge in [0.1, 0.15) is 0 Å². The molecule has 4 rings (SSSR count). The number of carbonyl (C=O) groups excluding carboxylic acids is 5. The minimum Gasteiger partial charge on any atom is -0.469 e. The molecule has 0 aromatic heterocycles. The lowest BCUT2D eigenvalue weighted by atomic mass is 9.42. The molecule has 0 aromatic carbocycles. The number of esters is 1. The monoisotopic (exact) mass is 364 g/mol. The van der Waals surface area contributed by atoms with Crippen molar-refractivity contribution in [1.29, 1.82) is 0 Å². The number of fused-ring (bicyclic) bond motifs is 1. The summed E-state index contributed by atoms with van der Waals surface area (Å²) in [6, 6.07) is -2.34. The number of ether oxygens (including phenoxy) is 1. The molecule has 5 atom stereocenters. The summed E-state index contributed by atoms with van der Waals surface area (Å²) in [4.78, 5) is 65.1. The Kier molecular flexibility index (Phi) is 3.20. The summed E-state index contributed by atoms with van der Waals surface area (Å²) in [5, 5.41) is 4.66. The lowest BCUT2D eigenvalue weighted by Gasteiger charge is -2.69. The molecule has 1 saturated carbocycles. The third-order valence-electron chi connectivity index (χ3n) is 6.76. The summed E-state index contributed by atoms with van der Waals surface area (Å²) in [6.07, 6.45) is -0.0226. The second kappa shape index (κ2) is 4.95. The van der Waals surface area contributed by atoms with Gasteiger partial charge in [-0.15, -0.1) is 0 Å². The molecular formula is C16H20N4O6. The maximum absolute atomic E-state index is 12.7. The summed E-state index contributed by atoms with van der Waals surface area (Å²) in [7, 11) is 1.24. The Morgan fingerprint density at radius 3 is 2.23 bits per heavy atom. The SMILES string of the molecule is COC(=O)C1CN2C(=O)NC(=O)CC3(C)C2C2N(C1)C(=O)NC(=O)C23C. The fourth-order valence-corrected chi connectivity index (χ4v) is 5.25. The smallest absolute Gasteiger partial charge is 0.324 e. The predicted molar refractivity (Wildman–Crippen MR) is 84.4 cm³/mol. The molecule has 10 nitrogen and oxygen atoms in total. The quantitative estimate of drug-likeness (QED) is 0.578. The first-order valence-electron chi connectivity index (χ1n) is 8.45. The Balaban J connectivity index is 1.88. The van der Waals surface area contributed by atoms with Gasteiger partial charge < -0.3 is 14.5 Å². The number of nitrogens with zero attached hydrogens (tertiary/aromatic N) is 2. The highest BCUT2D eigenvalue weighted by Crippen LogP contribution is 2.64. The molecule has 2 N–H and O–H groups in total. The average Bonchev–Trinajstić information content (AvgIpc) is 2.80. The van der Waals surface area contributed by atoms with E-state index in [1.807, 2.05) is 0 Å². The van der Waals surface area contributed by atoms with Crippen LogP contribution in [0.15, 0.2) is 0 Å². The van der Waals surface area contributed by atoms with Crippen molar-refractivity contribution in [3.05, 3.63) is 0 Å². The van der Waals surface area contributed by atoms with Crippen molar-refractivity contribution in [2.75, 3.05) is 20.2 Å². The molecule has 10 heteroatoms. The van der Waals surface area contributed by atoms with E-state index in [0.29, 0.717) is 0 Å². The number of imide groups is 2. The van der Waals surface area contributed by atoms with E-state index in [-0.39, 0.29) is 19.5 Å². The topological polar surface area (TPSA) is 125 Å². The number of amides is 6. The van der Waals surface area contributed by atoms with Crippen LogP contribution in [0.3, 0.4) is 0 Å². The van der Waals surface area contributed by atoms with Crippen molar-refractivity contribution in [2.45, 2.75) is 32.4 Å². The molecule has 140 valence electrons. The maximum atomic E-state index is 12.7. The minimum atomic E-state index is -1.04. The highest BCUT2D eigenvalue weighted by Gasteiger charge is 2.78. The van der Waals surface area contributed by atoms with Crippen molar-refractivity contribution < 1.29 is 28.7 Å². The normalized spacial score (nSPS) is 41.3. The average molecular weight is 364 g/mol.